The number of hydrogen-bond acceptors (Lipinski definition) is 3. The van der Waals surface area contributed by atoms with Gasteiger partial charge in [-0.1, -0.05) is 48.5 Å². The average Bonchev–Trinajstić information content (AvgIpc) is 3.19. The topological polar surface area (TPSA) is 86.9 Å². The molecule has 0 spiro atoms. The summed E-state index contributed by atoms with van der Waals surface area (Å²) in [5, 5.41) is 5.86. The second-order valence-electron chi connectivity index (χ2n) is 7.57. The van der Waals surface area contributed by atoms with Crippen molar-refractivity contribution in [3.8, 4) is 0 Å². The molecule has 31 heavy (non-hydrogen) atoms. The maximum absolute atomic E-state index is 13.0. The molecule has 2 amide bonds. The van der Waals surface area contributed by atoms with Crippen molar-refractivity contribution in [1.82, 2.24) is 20.6 Å². The van der Waals surface area contributed by atoms with Gasteiger partial charge >= 0.3 is 0 Å². The van der Waals surface area contributed by atoms with E-state index in [1.54, 1.807) is 12.1 Å². The third-order valence-corrected chi connectivity index (χ3v) is 5.10. The summed E-state index contributed by atoms with van der Waals surface area (Å²) in [6, 6.07) is 22.6. The highest BCUT2D eigenvalue weighted by Gasteiger charge is 2.21. The quantitative estimate of drug-likeness (QED) is 0.447. The Labute approximate surface area is 180 Å². The van der Waals surface area contributed by atoms with E-state index in [0.717, 1.165) is 27.7 Å². The Bertz CT molecular complexity index is 1210. The Morgan fingerprint density at radius 3 is 2.45 bits per heavy atom. The van der Waals surface area contributed by atoms with Gasteiger partial charge in [0.1, 0.15) is 11.9 Å². The number of amides is 2. The number of carbonyl (C=O) groups excluding carboxylic acids is 2. The summed E-state index contributed by atoms with van der Waals surface area (Å²) in [5.74, 6) is 0.396. The number of hydrogen-bond donors (Lipinski definition) is 3. The van der Waals surface area contributed by atoms with Crippen molar-refractivity contribution in [2.75, 3.05) is 0 Å². The molecule has 3 aromatic carbocycles. The van der Waals surface area contributed by atoms with Crippen molar-refractivity contribution < 1.29 is 9.59 Å². The molecule has 4 rings (SSSR count). The predicted octanol–water partition coefficient (Wildman–Crippen LogP) is 4.03. The maximum Gasteiger partial charge on any atom is 0.252 e. The normalized spacial score (nSPS) is 11.8. The summed E-state index contributed by atoms with van der Waals surface area (Å²) in [7, 11) is 0. The van der Waals surface area contributed by atoms with E-state index in [0.29, 0.717) is 17.9 Å². The second-order valence-corrected chi connectivity index (χ2v) is 7.57. The lowest BCUT2D eigenvalue weighted by atomic mass is 10.1. The number of rotatable bonds is 6. The SMILES string of the molecule is CC(=O)NCc1ccc(C(=O)NC(c2ccccc2)c2nc3ccc(C)cc3[nH]2)cc1. The molecule has 1 heterocycles. The summed E-state index contributed by atoms with van der Waals surface area (Å²) in [6.07, 6.45) is 0. The van der Waals surface area contributed by atoms with Gasteiger partial charge in [0, 0.05) is 19.0 Å². The summed E-state index contributed by atoms with van der Waals surface area (Å²) in [6.45, 7) is 3.94. The number of nitrogens with one attached hydrogen (secondary N) is 3. The van der Waals surface area contributed by atoms with E-state index < -0.39 is 6.04 Å². The molecule has 1 atom stereocenters. The molecule has 1 aromatic heterocycles. The van der Waals surface area contributed by atoms with Crippen molar-refractivity contribution in [2.24, 2.45) is 0 Å². The van der Waals surface area contributed by atoms with Crippen LogP contribution in [0.3, 0.4) is 0 Å². The van der Waals surface area contributed by atoms with E-state index in [1.807, 2.05) is 67.6 Å². The molecule has 0 aliphatic rings. The minimum absolute atomic E-state index is 0.0893. The van der Waals surface area contributed by atoms with Gasteiger partial charge in [0.2, 0.25) is 5.91 Å². The number of carbonyl (C=O) groups is 2. The minimum Gasteiger partial charge on any atom is -0.352 e. The Kier molecular flexibility index (Phi) is 5.80. The smallest absolute Gasteiger partial charge is 0.252 e. The van der Waals surface area contributed by atoms with Crippen LogP contribution in [-0.4, -0.2) is 21.8 Å². The largest absolute Gasteiger partial charge is 0.352 e. The summed E-state index contributed by atoms with van der Waals surface area (Å²) in [5.41, 5.74) is 5.35. The third-order valence-electron chi connectivity index (χ3n) is 5.10. The van der Waals surface area contributed by atoms with Crippen LogP contribution >= 0.6 is 0 Å². The second kappa shape index (κ2) is 8.83. The fraction of sp³-hybridized carbons (Fsp3) is 0.160. The van der Waals surface area contributed by atoms with Crippen molar-refractivity contribution in [1.29, 1.82) is 0 Å². The first-order valence-electron chi connectivity index (χ1n) is 10.1. The Hall–Kier alpha value is -3.93. The number of nitrogens with zero attached hydrogens (tertiary/aromatic N) is 1. The van der Waals surface area contributed by atoms with E-state index in [1.165, 1.54) is 6.92 Å². The highest BCUT2D eigenvalue weighted by molar-refractivity contribution is 5.94. The van der Waals surface area contributed by atoms with Crippen molar-refractivity contribution >= 4 is 22.8 Å². The average molecular weight is 412 g/mol. The monoisotopic (exact) mass is 412 g/mol. The number of fused-ring (bicyclic) bond motifs is 1. The van der Waals surface area contributed by atoms with Crippen LogP contribution in [0.15, 0.2) is 72.8 Å². The fourth-order valence-electron chi connectivity index (χ4n) is 3.45. The standard InChI is InChI=1S/C25H24N4O2/c1-16-8-13-21-22(14-16)28-24(27-21)23(19-6-4-3-5-7-19)29-25(31)20-11-9-18(10-12-20)15-26-17(2)30/h3-14,23H,15H2,1-2H3,(H,26,30)(H,27,28)(H,29,31). The molecule has 1 unspecified atom stereocenters. The number of benzene rings is 3. The molecule has 4 aromatic rings. The number of aryl methyl sites for hydroxylation is 1. The number of aromatic amines is 1. The van der Waals surface area contributed by atoms with E-state index in [2.05, 4.69) is 15.6 Å². The molecule has 0 bridgehead atoms. The molecule has 3 N–H and O–H groups in total. The van der Waals surface area contributed by atoms with Gasteiger partial charge in [0.15, 0.2) is 0 Å². The molecule has 0 saturated carbocycles. The minimum atomic E-state index is -0.416. The van der Waals surface area contributed by atoms with Crippen LogP contribution in [0, 0.1) is 6.92 Å². The molecule has 6 heteroatoms. The van der Waals surface area contributed by atoms with E-state index in [4.69, 9.17) is 4.98 Å². The molecule has 0 aliphatic heterocycles. The van der Waals surface area contributed by atoms with Gasteiger partial charge in [-0.2, -0.15) is 0 Å². The van der Waals surface area contributed by atoms with Gasteiger partial charge in [-0.3, -0.25) is 9.59 Å². The predicted molar refractivity (Wildman–Crippen MR) is 121 cm³/mol. The number of imidazole rings is 1. The zero-order valence-electron chi connectivity index (χ0n) is 17.5. The lowest BCUT2D eigenvalue weighted by Crippen LogP contribution is -2.30. The number of H-pyrrole nitrogens is 1. The summed E-state index contributed by atoms with van der Waals surface area (Å²) in [4.78, 5) is 32.2. The molecule has 0 radical (unpaired) electrons. The molecule has 6 nitrogen and oxygen atoms in total. The fourth-order valence-corrected chi connectivity index (χ4v) is 3.45. The van der Waals surface area contributed by atoms with E-state index >= 15 is 0 Å². The first-order chi connectivity index (χ1) is 15.0. The van der Waals surface area contributed by atoms with Gasteiger partial charge < -0.3 is 15.6 Å². The maximum atomic E-state index is 13.0. The number of aromatic nitrogens is 2. The lowest BCUT2D eigenvalue weighted by Gasteiger charge is -2.17. The third kappa shape index (κ3) is 4.80. The summed E-state index contributed by atoms with van der Waals surface area (Å²) < 4.78 is 0. The molecular formula is C25H24N4O2. The van der Waals surface area contributed by atoms with Gasteiger partial charge in [0.25, 0.3) is 5.91 Å². The van der Waals surface area contributed by atoms with Crippen LogP contribution in [-0.2, 0) is 11.3 Å². The first-order valence-corrected chi connectivity index (χ1v) is 10.1. The van der Waals surface area contributed by atoms with Crippen LogP contribution in [0.1, 0.15) is 45.8 Å². The van der Waals surface area contributed by atoms with Gasteiger partial charge in [-0.25, -0.2) is 4.98 Å². The van der Waals surface area contributed by atoms with Crippen LogP contribution < -0.4 is 10.6 Å². The van der Waals surface area contributed by atoms with Gasteiger partial charge in [-0.15, -0.1) is 0 Å². The highest BCUT2D eigenvalue weighted by atomic mass is 16.2. The van der Waals surface area contributed by atoms with Crippen LogP contribution in [0.25, 0.3) is 11.0 Å². The Morgan fingerprint density at radius 2 is 1.74 bits per heavy atom. The first kappa shape index (κ1) is 20.3. The van der Waals surface area contributed by atoms with Crippen molar-refractivity contribution in [3.63, 3.8) is 0 Å². The molecule has 0 saturated heterocycles. The molecular weight excluding hydrogens is 388 g/mol. The molecule has 156 valence electrons. The van der Waals surface area contributed by atoms with E-state index in [-0.39, 0.29) is 11.8 Å². The van der Waals surface area contributed by atoms with Crippen molar-refractivity contribution in [2.45, 2.75) is 26.4 Å². The molecule has 0 aliphatic carbocycles. The summed E-state index contributed by atoms with van der Waals surface area (Å²) >= 11 is 0. The Morgan fingerprint density at radius 1 is 1.00 bits per heavy atom. The van der Waals surface area contributed by atoms with Crippen LogP contribution in [0.5, 0.6) is 0 Å². The van der Waals surface area contributed by atoms with Crippen LogP contribution in [0.4, 0.5) is 0 Å². The zero-order valence-corrected chi connectivity index (χ0v) is 17.5. The van der Waals surface area contributed by atoms with E-state index in [9.17, 15) is 9.59 Å². The molecule has 0 fully saturated rings. The van der Waals surface area contributed by atoms with Gasteiger partial charge in [0.05, 0.1) is 11.0 Å². The van der Waals surface area contributed by atoms with Crippen LogP contribution in [0.2, 0.25) is 0 Å². The van der Waals surface area contributed by atoms with Crippen molar-refractivity contribution in [3.05, 3.63) is 101 Å². The van der Waals surface area contributed by atoms with Gasteiger partial charge in [-0.05, 0) is 47.9 Å². The Balaban J connectivity index is 1.60. The lowest BCUT2D eigenvalue weighted by molar-refractivity contribution is -0.119. The zero-order chi connectivity index (χ0) is 21.8. The highest BCUT2D eigenvalue weighted by Crippen LogP contribution is 2.23.